The van der Waals surface area contributed by atoms with Gasteiger partial charge in [-0.1, -0.05) is 18.9 Å². The van der Waals surface area contributed by atoms with E-state index in [1.54, 1.807) is 0 Å². The van der Waals surface area contributed by atoms with Crippen LogP contribution >= 0.6 is 0 Å². The molecule has 2 heterocycles. The van der Waals surface area contributed by atoms with Gasteiger partial charge in [0.1, 0.15) is 0 Å². The van der Waals surface area contributed by atoms with Crippen molar-refractivity contribution in [2.24, 2.45) is 5.92 Å². The van der Waals surface area contributed by atoms with Crippen molar-refractivity contribution in [1.82, 2.24) is 10.3 Å². The lowest BCUT2D eigenvalue weighted by Crippen LogP contribution is -2.23. The molecule has 1 saturated heterocycles. The van der Waals surface area contributed by atoms with Crippen LogP contribution in [0.4, 0.5) is 0 Å². The molecular weight excluding hydrogens is 340 g/mol. The number of nitrogens with one attached hydrogen (secondary N) is 2. The van der Waals surface area contributed by atoms with Crippen LogP contribution in [0.1, 0.15) is 61.8 Å². The Kier molecular flexibility index (Phi) is 5.46. The molecular formula is C22H28N2O3. The fourth-order valence-corrected chi connectivity index (χ4v) is 4.31. The van der Waals surface area contributed by atoms with Gasteiger partial charge in [-0.15, -0.1) is 0 Å². The summed E-state index contributed by atoms with van der Waals surface area (Å²) in [5, 5.41) is 4.31. The van der Waals surface area contributed by atoms with E-state index in [1.165, 1.54) is 47.8 Å². The molecule has 5 nitrogen and oxygen atoms in total. The van der Waals surface area contributed by atoms with Gasteiger partial charge in [-0.25, -0.2) is 0 Å². The number of fused-ring (bicyclic) bond motifs is 3. The highest BCUT2D eigenvalue weighted by Crippen LogP contribution is 2.28. The number of esters is 1. The van der Waals surface area contributed by atoms with Gasteiger partial charge in [-0.05, 0) is 61.8 Å². The summed E-state index contributed by atoms with van der Waals surface area (Å²) < 4.78 is 4.95. The van der Waals surface area contributed by atoms with Gasteiger partial charge in [-0.3, -0.25) is 9.59 Å². The highest BCUT2D eigenvalue weighted by Gasteiger charge is 2.26. The molecule has 1 fully saturated rings. The van der Waals surface area contributed by atoms with E-state index in [9.17, 15) is 9.59 Å². The van der Waals surface area contributed by atoms with Crippen LogP contribution in [0.25, 0.3) is 10.9 Å². The first kappa shape index (κ1) is 18.1. The fourth-order valence-electron chi connectivity index (χ4n) is 4.31. The van der Waals surface area contributed by atoms with Gasteiger partial charge < -0.3 is 15.0 Å². The van der Waals surface area contributed by atoms with Crippen LogP contribution in [0, 0.1) is 5.92 Å². The molecule has 1 amide bonds. The van der Waals surface area contributed by atoms with Crippen LogP contribution in [-0.2, 0) is 33.7 Å². The van der Waals surface area contributed by atoms with Gasteiger partial charge in [0, 0.05) is 29.6 Å². The third-order valence-electron chi connectivity index (χ3n) is 5.92. The van der Waals surface area contributed by atoms with E-state index in [4.69, 9.17) is 4.74 Å². The molecule has 2 aromatic rings. The number of carbonyl (C=O) groups is 2. The number of hydrogen-bond donors (Lipinski definition) is 2. The lowest BCUT2D eigenvalue weighted by molar-refractivity contribution is -0.141. The highest BCUT2D eigenvalue weighted by molar-refractivity contribution is 5.85. The van der Waals surface area contributed by atoms with Crippen molar-refractivity contribution in [2.45, 2.75) is 64.3 Å². The van der Waals surface area contributed by atoms with E-state index in [1.807, 2.05) is 0 Å². The smallest absolute Gasteiger partial charge is 0.309 e. The molecule has 0 spiro atoms. The predicted molar refractivity (Wildman–Crippen MR) is 104 cm³/mol. The number of amides is 1. The van der Waals surface area contributed by atoms with Crippen LogP contribution < -0.4 is 5.32 Å². The average molecular weight is 368 g/mol. The SMILES string of the molecule is O=C(CC[C@H]1CCOC1=O)NCc1ccc2[nH]c3c(c2c1)CCCCCC3. The fraction of sp³-hybridized carbons (Fsp3) is 0.545. The van der Waals surface area contributed by atoms with E-state index >= 15 is 0 Å². The number of hydrogen-bond acceptors (Lipinski definition) is 3. The Morgan fingerprint density at radius 1 is 1.19 bits per heavy atom. The molecule has 1 atom stereocenters. The Balaban J connectivity index is 1.38. The summed E-state index contributed by atoms with van der Waals surface area (Å²) in [5.41, 5.74) is 5.20. The van der Waals surface area contributed by atoms with Crippen LogP contribution in [0.3, 0.4) is 0 Å². The lowest BCUT2D eigenvalue weighted by atomic mass is 9.96. The number of rotatable bonds is 5. The molecule has 2 N–H and O–H groups in total. The molecule has 0 saturated carbocycles. The van der Waals surface area contributed by atoms with Crippen molar-refractivity contribution in [3.05, 3.63) is 35.0 Å². The maximum atomic E-state index is 12.1. The van der Waals surface area contributed by atoms with Gasteiger partial charge in [0.25, 0.3) is 0 Å². The van der Waals surface area contributed by atoms with Crippen molar-refractivity contribution >= 4 is 22.8 Å². The van der Waals surface area contributed by atoms with Crippen molar-refractivity contribution in [3.8, 4) is 0 Å². The number of H-pyrrole nitrogens is 1. The minimum Gasteiger partial charge on any atom is -0.465 e. The molecule has 2 aliphatic rings. The second-order valence-electron chi connectivity index (χ2n) is 7.84. The van der Waals surface area contributed by atoms with E-state index in [0.29, 0.717) is 26.0 Å². The Labute approximate surface area is 159 Å². The zero-order chi connectivity index (χ0) is 18.6. The predicted octanol–water partition coefficient (Wildman–Crippen LogP) is 3.79. The first-order chi connectivity index (χ1) is 13.2. The summed E-state index contributed by atoms with van der Waals surface area (Å²) in [5.74, 6) is -0.261. The van der Waals surface area contributed by atoms with Crippen molar-refractivity contribution in [3.63, 3.8) is 0 Å². The van der Waals surface area contributed by atoms with Gasteiger partial charge in [0.05, 0.1) is 12.5 Å². The summed E-state index contributed by atoms with van der Waals surface area (Å²) in [6.07, 6.45) is 9.13. The molecule has 1 aromatic heterocycles. The van der Waals surface area contributed by atoms with Crippen LogP contribution in [-0.4, -0.2) is 23.5 Å². The number of benzene rings is 1. The second-order valence-corrected chi connectivity index (χ2v) is 7.84. The molecule has 4 rings (SSSR count). The Hall–Kier alpha value is -2.30. The lowest BCUT2D eigenvalue weighted by Gasteiger charge is -2.10. The highest BCUT2D eigenvalue weighted by atomic mass is 16.5. The Bertz CT molecular complexity index is 839. The van der Waals surface area contributed by atoms with Gasteiger partial charge in [0.2, 0.25) is 5.91 Å². The molecule has 1 aliphatic heterocycles. The molecule has 27 heavy (non-hydrogen) atoms. The van der Waals surface area contributed by atoms with Crippen molar-refractivity contribution < 1.29 is 14.3 Å². The standard InChI is InChI=1S/C22H28N2O3/c25-21(10-8-16-11-12-27-22(16)26)23-14-15-7-9-20-18(13-15)17-5-3-1-2-4-6-19(17)24-20/h7,9,13,16,24H,1-6,8,10-12,14H2,(H,23,25)/t16-/m0/s1. The average Bonchev–Trinajstić information content (AvgIpc) is 3.20. The Morgan fingerprint density at radius 3 is 2.85 bits per heavy atom. The molecule has 0 radical (unpaired) electrons. The third kappa shape index (κ3) is 4.18. The topological polar surface area (TPSA) is 71.2 Å². The summed E-state index contributed by atoms with van der Waals surface area (Å²) in [7, 11) is 0. The van der Waals surface area contributed by atoms with E-state index < -0.39 is 0 Å². The first-order valence-corrected chi connectivity index (χ1v) is 10.3. The van der Waals surface area contributed by atoms with E-state index in [-0.39, 0.29) is 17.8 Å². The maximum absolute atomic E-state index is 12.1. The minimum absolute atomic E-state index is 0.000757. The summed E-state index contributed by atoms with van der Waals surface area (Å²) in [4.78, 5) is 27.2. The van der Waals surface area contributed by atoms with Crippen LogP contribution in [0.15, 0.2) is 18.2 Å². The van der Waals surface area contributed by atoms with E-state index in [0.717, 1.165) is 24.8 Å². The largest absolute Gasteiger partial charge is 0.465 e. The maximum Gasteiger partial charge on any atom is 0.309 e. The first-order valence-electron chi connectivity index (χ1n) is 10.3. The van der Waals surface area contributed by atoms with Crippen molar-refractivity contribution in [1.29, 1.82) is 0 Å². The number of aryl methyl sites for hydroxylation is 2. The zero-order valence-electron chi connectivity index (χ0n) is 15.8. The number of carbonyl (C=O) groups excluding carboxylic acids is 2. The van der Waals surface area contributed by atoms with Crippen molar-refractivity contribution in [2.75, 3.05) is 6.61 Å². The number of aromatic amines is 1. The van der Waals surface area contributed by atoms with Crippen LogP contribution in [0.2, 0.25) is 0 Å². The van der Waals surface area contributed by atoms with Gasteiger partial charge in [-0.2, -0.15) is 0 Å². The molecule has 5 heteroatoms. The second kappa shape index (κ2) is 8.15. The molecule has 0 unspecified atom stereocenters. The number of cyclic esters (lactones) is 1. The molecule has 1 aliphatic carbocycles. The normalized spacial score (nSPS) is 20.0. The third-order valence-corrected chi connectivity index (χ3v) is 5.92. The molecule has 1 aromatic carbocycles. The van der Waals surface area contributed by atoms with Gasteiger partial charge >= 0.3 is 5.97 Å². The van der Waals surface area contributed by atoms with Crippen LogP contribution in [0.5, 0.6) is 0 Å². The zero-order valence-corrected chi connectivity index (χ0v) is 15.8. The quantitative estimate of drug-likeness (QED) is 0.789. The summed E-state index contributed by atoms with van der Waals surface area (Å²) in [6.45, 7) is 1.02. The van der Waals surface area contributed by atoms with E-state index in [2.05, 4.69) is 28.5 Å². The minimum atomic E-state index is -0.155. The number of aromatic nitrogens is 1. The Morgan fingerprint density at radius 2 is 2.04 bits per heavy atom. The number of ether oxygens (including phenoxy) is 1. The summed E-state index contributed by atoms with van der Waals surface area (Å²) >= 11 is 0. The molecule has 144 valence electrons. The van der Waals surface area contributed by atoms with Gasteiger partial charge in [0.15, 0.2) is 0 Å². The summed E-state index contributed by atoms with van der Waals surface area (Å²) in [6, 6.07) is 6.44. The molecule has 0 bridgehead atoms. The monoisotopic (exact) mass is 368 g/mol.